The van der Waals surface area contributed by atoms with Gasteiger partial charge in [0.05, 0.1) is 12.7 Å². The maximum atomic E-state index is 9.88. The lowest BCUT2D eigenvalue weighted by Crippen LogP contribution is -2.07. The molecule has 0 radical (unpaired) electrons. The summed E-state index contributed by atoms with van der Waals surface area (Å²) < 4.78 is 10.4. The van der Waals surface area contributed by atoms with Gasteiger partial charge in [-0.05, 0) is 12.5 Å². The Morgan fingerprint density at radius 1 is 1.38 bits per heavy atom. The number of benzene rings is 1. The number of ether oxygens (including phenoxy) is 2. The van der Waals surface area contributed by atoms with Crippen molar-refractivity contribution in [1.29, 1.82) is 0 Å². The van der Waals surface area contributed by atoms with Gasteiger partial charge in [0.2, 0.25) is 0 Å². The highest BCUT2D eigenvalue weighted by atomic mass is 16.5. The van der Waals surface area contributed by atoms with Gasteiger partial charge in [-0.15, -0.1) is 6.58 Å². The van der Waals surface area contributed by atoms with Crippen molar-refractivity contribution < 1.29 is 14.6 Å². The van der Waals surface area contributed by atoms with Crippen molar-refractivity contribution in [3.05, 3.63) is 42.5 Å². The van der Waals surface area contributed by atoms with E-state index in [0.717, 1.165) is 5.56 Å². The quantitative estimate of drug-likeness (QED) is 0.568. The molecule has 0 saturated heterocycles. The minimum atomic E-state index is -0.559. The largest absolute Gasteiger partial charge is 0.491 e. The topological polar surface area (TPSA) is 38.7 Å². The molecule has 0 heterocycles. The second-order valence-electron chi connectivity index (χ2n) is 3.42. The molecule has 3 heteroatoms. The molecule has 16 heavy (non-hydrogen) atoms. The number of hydrogen-bond donors (Lipinski definition) is 1. The summed E-state index contributed by atoms with van der Waals surface area (Å²) >= 11 is 0. The van der Waals surface area contributed by atoms with Crippen molar-refractivity contribution in [1.82, 2.24) is 0 Å². The summed E-state index contributed by atoms with van der Waals surface area (Å²) in [7, 11) is 1.63. The van der Waals surface area contributed by atoms with Crippen LogP contribution in [0.3, 0.4) is 0 Å². The van der Waals surface area contributed by atoms with E-state index in [1.807, 2.05) is 24.3 Å². The summed E-state index contributed by atoms with van der Waals surface area (Å²) in [6.07, 6.45) is 1.65. The molecule has 1 aromatic rings. The number of aliphatic hydroxyl groups is 1. The van der Waals surface area contributed by atoms with Crippen LogP contribution in [0, 0.1) is 0 Å². The molecule has 0 aliphatic carbocycles. The number of methoxy groups -OCH3 is 1. The first-order chi connectivity index (χ1) is 7.79. The smallest absolute Gasteiger partial charge is 0.125 e. The lowest BCUT2D eigenvalue weighted by atomic mass is 10.1. The fourth-order valence-corrected chi connectivity index (χ4v) is 1.41. The molecule has 0 aliphatic heterocycles. The zero-order valence-electron chi connectivity index (χ0n) is 9.56. The Morgan fingerprint density at radius 2 is 2.12 bits per heavy atom. The monoisotopic (exact) mass is 222 g/mol. The molecule has 0 bridgehead atoms. The fraction of sp³-hybridized carbons (Fsp3) is 0.385. The lowest BCUT2D eigenvalue weighted by Gasteiger charge is -2.14. The van der Waals surface area contributed by atoms with Crippen molar-refractivity contribution in [2.45, 2.75) is 12.5 Å². The first-order valence-electron chi connectivity index (χ1n) is 5.29. The molecule has 1 rings (SSSR count). The third kappa shape index (κ3) is 3.68. The van der Waals surface area contributed by atoms with Gasteiger partial charge in [0.1, 0.15) is 12.4 Å². The van der Waals surface area contributed by atoms with Crippen LogP contribution < -0.4 is 4.74 Å². The first kappa shape index (κ1) is 12.7. The molecule has 0 fully saturated rings. The molecule has 1 atom stereocenters. The Hall–Kier alpha value is -1.32. The SMILES string of the molecule is C=CCC(O)c1ccccc1OCCOC. The van der Waals surface area contributed by atoms with Gasteiger partial charge in [0, 0.05) is 12.7 Å². The highest BCUT2D eigenvalue weighted by Crippen LogP contribution is 2.27. The van der Waals surface area contributed by atoms with Crippen LogP contribution >= 0.6 is 0 Å². The highest BCUT2D eigenvalue weighted by Gasteiger charge is 2.11. The zero-order valence-corrected chi connectivity index (χ0v) is 9.56. The van der Waals surface area contributed by atoms with Crippen LogP contribution in [0.25, 0.3) is 0 Å². The van der Waals surface area contributed by atoms with E-state index in [4.69, 9.17) is 9.47 Å². The van der Waals surface area contributed by atoms with Crippen molar-refractivity contribution in [2.24, 2.45) is 0 Å². The molecule has 0 aliphatic rings. The third-order valence-electron chi connectivity index (χ3n) is 2.21. The number of rotatable bonds is 7. The van der Waals surface area contributed by atoms with Gasteiger partial charge in [-0.1, -0.05) is 24.3 Å². The predicted molar refractivity (Wildman–Crippen MR) is 63.6 cm³/mol. The second kappa shape index (κ2) is 7.04. The molecule has 1 aromatic carbocycles. The summed E-state index contributed by atoms with van der Waals surface area (Å²) in [6, 6.07) is 7.46. The molecule has 0 spiro atoms. The van der Waals surface area contributed by atoms with Crippen molar-refractivity contribution >= 4 is 0 Å². The standard InChI is InChI=1S/C13H18O3/c1-3-6-12(14)11-7-4-5-8-13(11)16-10-9-15-2/h3-5,7-8,12,14H,1,6,9-10H2,2H3. The fourth-order valence-electron chi connectivity index (χ4n) is 1.41. The summed E-state index contributed by atoms with van der Waals surface area (Å²) in [4.78, 5) is 0. The Balaban J connectivity index is 2.70. The van der Waals surface area contributed by atoms with E-state index >= 15 is 0 Å². The van der Waals surface area contributed by atoms with Gasteiger partial charge in [-0.3, -0.25) is 0 Å². The molecule has 0 saturated carbocycles. The van der Waals surface area contributed by atoms with Gasteiger partial charge in [0.15, 0.2) is 0 Å². The molecular weight excluding hydrogens is 204 g/mol. The lowest BCUT2D eigenvalue weighted by molar-refractivity contribution is 0.139. The molecule has 0 aromatic heterocycles. The Labute approximate surface area is 96.3 Å². The van der Waals surface area contributed by atoms with E-state index in [-0.39, 0.29) is 0 Å². The first-order valence-corrected chi connectivity index (χ1v) is 5.29. The van der Waals surface area contributed by atoms with Gasteiger partial charge in [0.25, 0.3) is 0 Å². The Morgan fingerprint density at radius 3 is 2.81 bits per heavy atom. The third-order valence-corrected chi connectivity index (χ3v) is 2.21. The molecule has 0 amide bonds. The van der Waals surface area contributed by atoms with Crippen molar-refractivity contribution in [2.75, 3.05) is 20.3 Å². The number of aliphatic hydroxyl groups excluding tert-OH is 1. The van der Waals surface area contributed by atoms with Crippen LogP contribution in [0.2, 0.25) is 0 Å². The van der Waals surface area contributed by atoms with Crippen LogP contribution in [0.1, 0.15) is 18.1 Å². The maximum Gasteiger partial charge on any atom is 0.125 e. The van der Waals surface area contributed by atoms with E-state index in [1.165, 1.54) is 0 Å². The molecule has 1 unspecified atom stereocenters. The van der Waals surface area contributed by atoms with Crippen LogP contribution in [0.5, 0.6) is 5.75 Å². The predicted octanol–water partition coefficient (Wildman–Crippen LogP) is 2.32. The van der Waals surface area contributed by atoms with E-state index in [9.17, 15) is 5.11 Å². The minimum absolute atomic E-state index is 0.480. The van der Waals surface area contributed by atoms with Crippen LogP contribution in [-0.2, 0) is 4.74 Å². The van der Waals surface area contributed by atoms with Gasteiger partial charge in [-0.2, -0.15) is 0 Å². The molecular formula is C13H18O3. The normalized spacial score (nSPS) is 12.1. The van der Waals surface area contributed by atoms with Gasteiger partial charge in [-0.25, -0.2) is 0 Å². The Bertz CT molecular complexity index is 323. The highest BCUT2D eigenvalue weighted by molar-refractivity contribution is 5.35. The van der Waals surface area contributed by atoms with E-state index in [0.29, 0.717) is 25.4 Å². The minimum Gasteiger partial charge on any atom is -0.491 e. The maximum absolute atomic E-state index is 9.88. The second-order valence-corrected chi connectivity index (χ2v) is 3.42. The summed E-state index contributed by atoms with van der Waals surface area (Å²) in [5.74, 6) is 0.703. The summed E-state index contributed by atoms with van der Waals surface area (Å²) in [5.41, 5.74) is 0.790. The summed E-state index contributed by atoms with van der Waals surface area (Å²) in [5, 5.41) is 9.88. The van der Waals surface area contributed by atoms with E-state index in [1.54, 1.807) is 13.2 Å². The van der Waals surface area contributed by atoms with Gasteiger partial charge >= 0.3 is 0 Å². The number of hydrogen-bond acceptors (Lipinski definition) is 3. The van der Waals surface area contributed by atoms with Crippen molar-refractivity contribution in [3.63, 3.8) is 0 Å². The van der Waals surface area contributed by atoms with Crippen LogP contribution in [0.15, 0.2) is 36.9 Å². The average molecular weight is 222 g/mol. The van der Waals surface area contributed by atoms with Crippen molar-refractivity contribution in [3.8, 4) is 5.75 Å². The number of para-hydroxylation sites is 1. The van der Waals surface area contributed by atoms with Crippen LogP contribution in [-0.4, -0.2) is 25.4 Å². The summed E-state index contributed by atoms with van der Waals surface area (Å²) in [6.45, 7) is 4.62. The van der Waals surface area contributed by atoms with Gasteiger partial charge < -0.3 is 14.6 Å². The van der Waals surface area contributed by atoms with E-state index in [2.05, 4.69) is 6.58 Å². The van der Waals surface area contributed by atoms with Crippen LogP contribution in [0.4, 0.5) is 0 Å². The van der Waals surface area contributed by atoms with E-state index < -0.39 is 6.10 Å². The zero-order chi connectivity index (χ0) is 11.8. The molecule has 88 valence electrons. The molecule has 3 nitrogen and oxygen atoms in total. The molecule has 1 N–H and O–H groups in total. The Kier molecular flexibility index (Phi) is 5.61. The average Bonchev–Trinajstić information content (AvgIpc) is 2.30.